The number of rotatable bonds is 3. The van der Waals surface area contributed by atoms with E-state index < -0.39 is 0 Å². The van der Waals surface area contributed by atoms with E-state index in [1.807, 2.05) is 54.6 Å². The highest BCUT2D eigenvalue weighted by Crippen LogP contribution is 2.36. The molecular weight excluding hydrogens is 599 g/mol. The number of hydrogen-bond acceptors (Lipinski definition) is 2. The molecule has 5 heteroatoms. The van der Waals surface area contributed by atoms with E-state index >= 15 is 0 Å². The van der Waals surface area contributed by atoms with E-state index in [1.54, 1.807) is 12.3 Å². The van der Waals surface area contributed by atoms with Gasteiger partial charge in [-0.05, 0) is 69.1 Å². The number of aliphatic imine (C=N–C) groups is 1. The molecule has 5 nitrogen and oxygen atoms in total. The Morgan fingerprint density at radius 3 is 1.94 bits per heavy atom. The van der Waals surface area contributed by atoms with Crippen molar-refractivity contribution < 1.29 is 0 Å². The Hall–Kier alpha value is -6.59. The highest BCUT2D eigenvalue weighted by molar-refractivity contribution is 6.21. The lowest BCUT2D eigenvalue weighted by atomic mass is 10.0. The molecule has 2 heterocycles. The smallest absolute Gasteiger partial charge is 0.154 e. The van der Waals surface area contributed by atoms with Crippen LogP contribution in [0.4, 0.5) is 0 Å². The first kappa shape index (κ1) is 29.8. The van der Waals surface area contributed by atoms with Crippen molar-refractivity contribution in [2.45, 2.75) is 6.92 Å². The Morgan fingerprint density at radius 1 is 0.592 bits per heavy atom. The highest BCUT2D eigenvalue weighted by atomic mass is 15.1. The van der Waals surface area contributed by atoms with Gasteiger partial charge in [0.15, 0.2) is 5.84 Å². The number of nitrogens with one attached hydrogen (secondary N) is 1. The maximum absolute atomic E-state index is 8.77. The average molecular weight is 632 g/mol. The normalized spacial score (nSPS) is 11.7. The van der Waals surface area contributed by atoms with Crippen molar-refractivity contribution >= 4 is 65.8 Å². The number of fused-ring (bicyclic) bond motifs is 7. The number of para-hydroxylation sites is 1. The second-order valence-electron chi connectivity index (χ2n) is 12.1. The summed E-state index contributed by atoms with van der Waals surface area (Å²) in [6.07, 6.45) is 1.73. The third-order valence-corrected chi connectivity index (χ3v) is 9.12. The Bertz CT molecular complexity index is 2710. The van der Waals surface area contributed by atoms with Crippen molar-refractivity contribution in [3.63, 3.8) is 0 Å². The molecule has 49 heavy (non-hydrogen) atoms. The summed E-state index contributed by atoms with van der Waals surface area (Å²) in [6.45, 7) is 2.14. The van der Waals surface area contributed by atoms with Crippen LogP contribution in [0.2, 0.25) is 0 Å². The first-order valence-electron chi connectivity index (χ1n) is 16.3. The summed E-state index contributed by atoms with van der Waals surface area (Å²) in [7, 11) is 0. The van der Waals surface area contributed by atoms with E-state index in [1.165, 1.54) is 37.9 Å². The number of aromatic nitrogens is 2. The molecule has 7 aromatic carbocycles. The molecule has 0 atom stereocenters. The second-order valence-corrected chi connectivity index (χ2v) is 12.1. The van der Waals surface area contributed by atoms with Gasteiger partial charge in [-0.25, -0.2) is 9.98 Å². The number of amidine groups is 2. The minimum Gasteiger partial charge on any atom is -0.383 e. The zero-order valence-corrected chi connectivity index (χ0v) is 27.0. The van der Waals surface area contributed by atoms with E-state index in [2.05, 4.69) is 114 Å². The molecule has 0 aliphatic heterocycles. The van der Waals surface area contributed by atoms with Crippen LogP contribution in [0.3, 0.4) is 0 Å². The van der Waals surface area contributed by atoms with Gasteiger partial charge in [-0.3, -0.25) is 9.98 Å². The molecule has 0 saturated heterocycles. The SMILES string of the molecule is Cc1cccc2ccccc12.N=C(N=C(N)c1cccc2ccccc12)c1ccnc(-n2c3ccccc3c3c4ccccc4ccc32)c1. The molecule has 0 unspecified atom stereocenters. The van der Waals surface area contributed by atoms with Crippen molar-refractivity contribution in [1.82, 2.24) is 9.55 Å². The molecule has 0 fully saturated rings. The number of pyridine rings is 1. The van der Waals surface area contributed by atoms with Gasteiger partial charge in [0.1, 0.15) is 11.7 Å². The second kappa shape index (κ2) is 12.5. The maximum atomic E-state index is 8.77. The van der Waals surface area contributed by atoms with Crippen LogP contribution in [-0.2, 0) is 0 Å². The van der Waals surface area contributed by atoms with Gasteiger partial charge in [-0.2, -0.15) is 0 Å². The summed E-state index contributed by atoms with van der Waals surface area (Å²) < 4.78 is 2.16. The largest absolute Gasteiger partial charge is 0.383 e. The Morgan fingerprint density at radius 2 is 1.18 bits per heavy atom. The van der Waals surface area contributed by atoms with Gasteiger partial charge in [0.2, 0.25) is 0 Å². The van der Waals surface area contributed by atoms with Gasteiger partial charge in [0.05, 0.1) is 11.0 Å². The summed E-state index contributed by atoms with van der Waals surface area (Å²) >= 11 is 0. The predicted octanol–water partition coefficient (Wildman–Crippen LogP) is 10.4. The van der Waals surface area contributed by atoms with E-state index in [-0.39, 0.29) is 5.84 Å². The number of hydrogen-bond donors (Lipinski definition) is 2. The van der Waals surface area contributed by atoms with Gasteiger partial charge in [-0.15, -0.1) is 0 Å². The third kappa shape index (κ3) is 5.47. The number of nitrogens with zero attached hydrogens (tertiary/aromatic N) is 3. The van der Waals surface area contributed by atoms with Crippen LogP contribution in [0.5, 0.6) is 0 Å². The Balaban J connectivity index is 0.000000269. The lowest BCUT2D eigenvalue weighted by Gasteiger charge is -2.10. The van der Waals surface area contributed by atoms with Crippen LogP contribution in [0.15, 0.2) is 169 Å². The molecule has 2 aromatic heterocycles. The van der Waals surface area contributed by atoms with Gasteiger partial charge in [0.25, 0.3) is 0 Å². The fraction of sp³-hybridized carbons (Fsp3) is 0.0227. The first-order chi connectivity index (χ1) is 24.1. The topological polar surface area (TPSA) is 80.1 Å². The molecule has 0 spiro atoms. The Kier molecular flexibility index (Phi) is 7.63. The molecule has 234 valence electrons. The molecule has 9 aromatic rings. The lowest BCUT2D eigenvalue weighted by molar-refractivity contribution is 1.08. The highest BCUT2D eigenvalue weighted by Gasteiger charge is 2.16. The average Bonchev–Trinajstić information content (AvgIpc) is 3.50. The standard InChI is InChI=1S/C33H23N5.C11H10/c34-32(37-33(35)26-14-7-10-21-8-1-3-11-24(21)26)23-18-19-36-30(20-23)38-28-15-6-5-13-27(28)31-25-12-4-2-9-22(25)16-17-29(31)38;1-9-5-4-7-10-6-2-3-8-11(9)10/h1-20H,(H3,34,35,37);2-8H,1H3. The van der Waals surface area contributed by atoms with E-state index in [0.717, 1.165) is 33.2 Å². The fourth-order valence-corrected chi connectivity index (χ4v) is 6.76. The summed E-state index contributed by atoms with van der Waals surface area (Å²) in [4.78, 5) is 9.21. The van der Waals surface area contributed by atoms with Gasteiger partial charge >= 0.3 is 0 Å². The van der Waals surface area contributed by atoms with Crippen molar-refractivity contribution in [2.75, 3.05) is 0 Å². The molecular formula is C44H33N5. The van der Waals surface area contributed by atoms with Gasteiger partial charge in [-0.1, -0.05) is 133 Å². The minimum absolute atomic E-state index is 0.0882. The fourth-order valence-electron chi connectivity index (χ4n) is 6.76. The molecule has 0 aliphatic rings. The van der Waals surface area contributed by atoms with Crippen LogP contribution >= 0.6 is 0 Å². The van der Waals surface area contributed by atoms with Crippen LogP contribution < -0.4 is 5.73 Å². The van der Waals surface area contributed by atoms with E-state index in [9.17, 15) is 0 Å². The van der Waals surface area contributed by atoms with Crippen LogP contribution in [0.1, 0.15) is 16.7 Å². The summed E-state index contributed by atoms with van der Waals surface area (Å²) in [6, 6.07) is 53.6. The van der Waals surface area contributed by atoms with Crippen LogP contribution in [0.25, 0.3) is 59.9 Å². The zero-order valence-electron chi connectivity index (χ0n) is 27.0. The molecule has 0 amide bonds. The van der Waals surface area contributed by atoms with E-state index in [4.69, 9.17) is 16.1 Å². The number of benzene rings is 7. The van der Waals surface area contributed by atoms with Crippen molar-refractivity contribution in [2.24, 2.45) is 10.7 Å². The van der Waals surface area contributed by atoms with Crippen LogP contribution in [0, 0.1) is 12.3 Å². The van der Waals surface area contributed by atoms with E-state index in [0.29, 0.717) is 11.4 Å². The third-order valence-electron chi connectivity index (χ3n) is 9.12. The van der Waals surface area contributed by atoms with Gasteiger partial charge < -0.3 is 5.73 Å². The summed E-state index contributed by atoms with van der Waals surface area (Å²) in [5, 5.41) is 18.3. The lowest BCUT2D eigenvalue weighted by Crippen LogP contribution is -2.16. The predicted molar refractivity (Wildman–Crippen MR) is 206 cm³/mol. The quantitative estimate of drug-likeness (QED) is 0.150. The maximum Gasteiger partial charge on any atom is 0.154 e. The summed E-state index contributed by atoms with van der Waals surface area (Å²) in [5.41, 5.74) is 11.4. The molecule has 9 rings (SSSR count). The van der Waals surface area contributed by atoms with Crippen molar-refractivity contribution in [3.05, 3.63) is 181 Å². The van der Waals surface area contributed by atoms with Crippen LogP contribution in [-0.4, -0.2) is 21.2 Å². The molecule has 0 aliphatic carbocycles. The van der Waals surface area contributed by atoms with Crippen molar-refractivity contribution in [3.8, 4) is 5.82 Å². The zero-order chi connectivity index (χ0) is 33.3. The number of nitrogens with two attached hydrogens (primary N) is 1. The Labute approximate surface area is 284 Å². The first-order valence-corrected chi connectivity index (χ1v) is 16.3. The molecule has 3 N–H and O–H groups in total. The molecule has 0 radical (unpaired) electrons. The monoisotopic (exact) mass is 631 g/mol. The minimum atomic E-state index is 0.0882. The van der Waals surface area contributed by atoms with Crippen molar-refractivity contribution in [1.29, 1.82) is 5.41 Å². The molecule has 0 bridgehead atoms. The summed E-state index contributed by atoms with van der Waals surface area (Å²) in [5.74, 6) is 1.13. The van der Waals surface area contributed by atoms with Gasteiger partial charge in [0, 0.05) is 28.1 Å². The number of aryl methyl sites for hydroxylation is 1. The molecule has 0 saturated carbocycles.